The molecule has 0 amide bonds. The van der Waals surface area contributed by atoms with Crippen LogP contribution < -0.4 is 15.4 Å². The molecule has 0 bridgehead atoms. The number of alkyl halides is 3. The highest BCUT2D eigenvalue weighted by Crippen LogP contribution is 2.19. The predicted octanol–water partition coefficient (Wildman–Crippen LogP) is 3.41. The van der Waals surface area contributed by atoms with Crippen molar-refractivity contribution in [3.05, 3.63) is 54.4 Å². The molecule has 0 radical (unpaired) electrons. The van der Waals surface area contributed by atoms with Gasteiger partial charge >= 0.3 is 6.18 Å². The van der Waals surface area contributed by atoms with Gasteiger partial charge in [-0.25, -0.2) is 0 Å². The van der Waals surface area contributed by atoms with Gasteiger partial charge in [0.15, 0.2) is 12.6 Å². The molecule has 5 nitrogen and oxygen atoms in total. The number of halogens is 4. The van der Waals surface area contributed by atoms with Crippen LogP contribution >= 0.6 is 24.0 Å². The first-order valence-electron chi connectivity index (χ1n) is 7.80. The van der Waals surface area contributed by atoms with E-state index < -0.39 is 12.8 Å². The van der Waals surface area contributed by atoms with Crippen LogP contribution in [0.5, 0.6) is 5.75 Å². The van der Waals surface area contributed by atoms with Crippen LogP contribution in [0, 0.1) is 0 Å². The molecule has 1 aromatic heterocycles. The molecule has 0 aliphatic rings. The highest BCUT2D eigenvalue weighted by molar-refractivity contribution is 14.0. The van der Waals surface area contributed by atoms with Crippen LogP contribution in [0.25, 0.3) is 0 Å². The van der Waals surface area contributed by atoms with Gasteiger partial charge in [0.25, 0.3) is 0 Å². The molecule has 1 heterocycles. The van der Waals surface area contributed by atoms with Crippen molar-refractivity contribution in [1.82, 2.24) is 15.2 Å². The van der Waals surface area contributed by atoms with E-state index in [2.05, 4.69) is 15.6 Å². The Bertz CT molecular complexity index is 675. The summed E-state index contributed by atoms with van der Waals surface area (Å²) in [5, 5.41) is 6.29. The van der Waals surface area contributed by atoms with Gasteiger partial charge in [0.2, 0.25) is 0 Å². The summed E-state index contributed by atoms with van der Waals surface area (Å²) in [5.41, 5.74) is 0.799. The molecule has 0 saturated carbocycles. The molecule has 0 aliphatic heterocycles. The Balaban J connectivity index is 0.00000338. The van der Waals surface area contributed by atoms with Gasteiger partial charge in [-0.15, -0.1) is 24.0 Å². The largest absolute Gasteiger partial charge is 0.484 e. The Kier molecular flexibility index (Phi) is 9.31. The highest BCUT2D eigenvalue weighted by atomic mass is 127. The maximum atomic E-state index is 12.2. The van der Waals surface area contributed by atoms with Gasteiger partial charge in [0.05, 0.1) is 0 Å². The molecule has 0 unspecified atom stereocenters. The molecule has 0 fully saturated rings. The lowest BCUT2D eigenvalue weighted by Crippen LogP contribution is -2.38. The standard InChI is InChI=1S/C17H21F3N4O.HI/c1-21-16(22-7-10-24-8-2-3-9-24)23-12-14-5-4-6-15(11-14)25-13-17(18,19)20;/h2-6,8-9,11H,7,10,12-13H2,1H3,(H2,21,22,23);1H. The summed E-state index contributed by atoms with van der Waals surface area (Å²) in [7, 11) is 1.66. The number of hydrogen-bond acceptors (Lipinski definition) is 2. The quantitative estimate of drug-likeness (QED) is 0.362. The number of aliphatic imine (C=N–C) groups is 1. The van der Waals surface area contributed by atoms with Crippen molar-refractivity contribution in [3.63, 3.8) is 0 Å². The maximum Gasteiger partial charge on any atom is 0.422 e. The van der Waals surface area contributed by atoms with E-state index in [1.807, 2.05) is 29.1 Å². The summed E-state index contributed by atoms with van der Waals surface area (Å²) in [6.07, 6.45) is -0.394. The second kappa shape index (κ2) is 10.9. The van der Waals surface area contributed by atoms with E-state index in [-0.39, 0.29) is 29.7 Å². The van der Waals surface area contributed by atoms with E-state index in [9.17, 15) is 13.2 Å². The third-order valence-corrected chi connectivity index (χ3v) is 3.31. The van der Waals surface area contributed by atoms with Crippen LogP contribution in [0.2, 0.25) is 0 Å². The Morgan fingerprint density at radius 3 is 2.54 bits per heavy atom. The fraction of sp³-hybridized carbons (Fsp3) is 0.353. The zero-order chi connectivity index (χ0) is 18.1. The Morgan fingerprint density at radius 1 is 1.15 bits per heavy atom. The number of guanidine groups is 1. The second-order valence-corrected chi connectivity index (χ2v) is 5.32. The zero-order valence-electron chi connectivity index (χ0n) is 14.3. The normalized spacial score (nSPS) is 11.6. The molecule has 2 rings (SSSR count). The van der Waals surface area contributed by atoms with Crippen molar-refractivity contribution in [2.45, 2.75) is 19.3 Å². The monoisotopic (exact) mass is 482 g/mol. The van der Waals surface area contributed by atoms with Crippen molar-refractivity contribution in [1.29, 1.82) is 0 Å². The molecule has 2 N–H and O–H groups in total. The number of nitrogens with one attached hydrogen (secondary N) is 2. The summed E-state index contributed by atoms with van der Waals surface area (Å²) in [5.74, 6) is 0.806. The number of benzene rings is 1. The molecule has 26 heavy (non-hydrogen) atoms. The summed E-state index contributed by atoms with van der Waals surface area (Å²) >= 11 is 0. The van der Waals surface area contributed by atoms with E-state index >= 15 is 0 Å². The minimum Gasteiger partial charge on any atom is -0.484 e. The smallest absolute Gasteiger partial charge is 0.422 e. The first kappa shape index (κ1) is 22.1. The molecular formula is C17H22F3IN4O. The average molecular weight is 482 g/mol. The summed E-state index contributed by atoms with van der Waals surface area (Å²) < 4.78 is 43.4. The van der Waals surface area contributed by atoms with Crippen molar-refractivity contribution in [2.75, 3.05) is 20.2 Å². The average Bonchev–Trinajstić information content (AvgIpc) is 3.09. The minimum absolute atomic E-state index is 0. The zero-order valence-corrected chi connectivity index (χ0v) is 16.6. The first-order valence-corrected chi connectivity index (χ1v) is 7.80. The summed E-state index contributed by atoms with van der Waals surface area (Å²) in [4.78, 5) is 4.12. The lowest BCUT2D eigenvalue weighted by molar-refractivity contribution is -0.153. The van der Waals surface area contributed by atoms with E-state index in [4.69, 9.17) is 4.74 Å². The van der Waals surface area contributed by atoms with Crippen LogP contribution in [0.3, 0.4) is 0 Å². The van der Waals surface area contributed by atoms with Crippen LogP contribution in [0.4, 0.5) is 13.2 Å². The SMILES string of the molecule is CN=C(NCCn1cccc1)NCc1cccc(OCC(F)(F)F)c1.I. The van der Waals surface area contributed by atoms with Crippen molar-refractivity contribution in [3.8, 4) is 5.75 Å². The summed E-state index contributed by atoms with van der Waals surface area (Å²) in [6, 6.07) is 10.5. The van der Waals surface area contributed by atoms with Crippen molar-refractivity contribution in [2.24, 2.45) is 4.99 Å². The van der Waals surface area contributed by atoms with Gasteiger partial charge in [-0.3, -0.25) is 4.99 Å². The lowest BCUT2D eigenvalue weighted by Gasteiger charge is -2.13. The van der Waals surface area contributed by atoms with Crippen LogP contribution in [-0.4, -0.2) is 36.9 Å². The van der Waals surface area contributed by atoms with Crippen LogP contribution in [-0.2, 0) is 13.1 Å². The fourth-order valence-corrected chi connectivity index (χ4v) is 2.14. The third-order valence-electron chi connectivity index (χ3n) is 3.31. The lowest BCUT2D eigenvalue weighted by atomic mass is 10.2. The molecule has 0 spiro atoms. The maximum absolute atomic E-state index is 12.2. The van der Waals surface area contributed by atoms with E-state index in [0.29, 0.717) is 19.0 Å². The van der Waals surface area contributed by atoms with Crippen LogP contribution in [0.15, 0.2) is 53.8 Å². The highest BCUT2D eigenvalue weighted by Gasteiger charge is 2.28. The topological polar surface area (TPSA) is 50.6 Å². The molecule has 9 heteroatoms. The molecule has 144 valence electrons. The van der Waals surface area contributed by atoms with Gasteiger partial charge in [0.1, 0.15) is 5.75 Å². The number of nitrogens with zero attached hydrogens (tertiary/aromatic N) is 2. The Labute approximate surface area is 167 Å². The number of ether oxygens (including phenoxy) is 1. The molecule has 0 aliphatic carbocycles. The third kappa shape index (κ3) is 8.45. The van der Waals surface area contributed by atoms with E-state index in [0.717, 1.165) is 12.1 Å². The van der Waals surface area contributed by atoms with Gasteiger partial charge in [0, 0.05) is 39.1 Å². The number of aromatic nitrogens is 1. The summed E-state index contributed by atoms with van der Waals surface area (Å²) in [6.45, 7) is 0.621. The fourth-order valence-electron chi connectivity index (χ4n) is 2.14. The van der Waals surface area contributed by atoms with E-state index in [1.165, 1.54) is 6.07 Å². The van der Waals surface area contributed by atoms with Crippen molar-refractivity contribution >= 4 is 29.9 Å². The van der Waals surface area contributed by atoms with Crippen molar-refractivity contribution < 1.29 is 17.9 Å². The molecule has 1 aromatic carbocycles. The predicted molar refractivity (Wildman–Crippen MR) is 106 cm³/mol. The molecule has 2 aromatic rings. The Hall–Kier alpha value is -1.91. The molecule has 0 atom stereocenters. The van der Waals surface area contributed by atoms with Crippen LogP contribution in [0.1, 0.15) is 5.56 Å². The first-order chi connectivity index (χ1) is 12.0. The number of rotatable bonds is 7. The Morgan fingerprint density at radius 2 is 1.88 bits per heavy atom. The minimum atomic E-state index is -4.35. The second-order valence-electron chi connectivity index (χ2n) is 5.32. The van der Waals surface area contributed by atoms with Gasteiger partial charge in [-0.1, -0.05) is 12.1 Å². The van der Waals surface area contributed by atoms with Gasteiger partial charge in [-0.2, -0.15) is 13.2 Å². The van der Waals surface area contributed by atoms with Gasteiger partial charge in [-0.05, 0) is 29.8 Å². The van der Waals surface area contributed by atoms with E-state index in [1.54, 1.807) is 25.2 Å². The van der Waals surface area contributed by atoms with Gasteiger partial charge < -0.3 is 19.9 Å². The molecule has 0 saturated heterocycles. The number of hydrogen-bond donors (Lipinski definition) is 2. The molecular weight excluding hydrogens is 460 g/mol.